The van der Waals surface area contributed by atoms with Gasteiger partial charge in [0.05, 0.1) is 19.8 Å². The van der Waals surface area contributed by atoms with Crippen molar-refractivity contribution in [3.05, 3.63) is 0 Å². The molecule has 0 radical (unpaired) electrons. The molecule has 0 saturated carbocycles. The number of hydrogen-bond donors (Lipinski definition) is 1. The molecule has 0 aromatic heterocycles. The predicted octanol–water partition coefficient (Wildman–Crippen LogP) is 0.919. The number of aliphatic imine (C=N–C) groups is 1. The van der Waals surface area contributed by atoms with Crippen LogP contribution in [0.2, 0.25) is 0 Å². The van der Waals surface area contributed by atoms with E-state index in [4.69, 9.17) is 4.74 Å². The molecule has 3 fully saturated rings. The number of ether oxygens (including phenoxy) is 1. The van der Waals surface area contributed by atoms with E-state index < -0.39 is 0 Å². The first-order valence-electron chi connectivity index (χ1n) is 11.4. The van der Waals surface area contributed by atoms with Crippen molar-refractivity contribution in [3.63, 3.8) is 0 Å². The number of likely N-dealkylation sites (tertiary alicyclic amines) is 1. The van der Waals surface area contributed by atoms with Crippen LogP contribution < -0.4 is 5.32 Å². The summed E-state index contributed by atoms with van der Waals surface area (Å²) in [6.45, 7) is 14.1. The van der Waals surface area contributed by atoms with Crippen LogP contribution in [0.4, 0.5) is 0 Å². The number of rotatable bonds is 5. The smallest absolute Gasteiger partial charge is 0.236 e. The normalized spacial score (nSPS) is 25.6. The molecule has 3 heterocycles. The van der Waals surface area contributed by atoms with Crippen molar-refractivity contribution in [1.82, 2.24) is 24.9 Å². The van der Waals surface area contributed by atoms with Gasteiger partial charge in [-0.25, -0.2) is 0 Å². The number of halogens is 1. The predicted molar refractivity (Wildman–Crippen MR) is 132 cm³/mol. The zero-order chi connectivity index (χ0) is 20.6. The van der Waals surface area contributed by atoms with E-state index in [1.54, 1.807) is 0 Å². The molecule has 0 aromatic carbocycles. The standard InChI is InChI=1S/C21H40N6O2.HI/c1-18(27-13-14-29-17-19(27)2)15-23-21(22-3)26-11-9-24(10-12-26)16-20(28)25-7-5-4-6-8-25;/h18-19H,4-17H2,1-3H3,(H,22,23);1H. The van der Waals surface area contributed by atoms with Gasteiger partial charge < -0.3 is 19.9 Å². The van der Waals surface area contributed by atoms with E-state index in [0.717, 1.165) is 84.4 Å². The summed E-state index contributed by atoms with van der Waals surface area (Å²) in [6.07, 6.45) is 3.57. The third kappa shape index (κ3) is 7.20. The molecule has 3 aliphatic heterocycles. The maximum atomic E-state index is 12.5. The molecule has 30 heavy (non-hydrogen) atoms. The van der Waals surface area contributed by atoms with Gasteiger partial charge in [-0.15, -0.1) is 24.0 Å². The molecule has 3 rings (SSSR count). The lowest BCUT2D eigenvalue weighted by molar-refractivity contribution is -0.133. The molecule has 8 nitrogen and oxygen atoms in total. The highest BCUT2D eigenvalue weighted by Gasteiger charge is 2.26. The number of hydrogen-bond acceptors (Lipinski definition) is 5. The van der Waals surface area contributed by atoms with E-state index in [9.17, 15) is 4.79 Å². The lowest BCUT2D eigenvalue weighted by atomic mass is 10.1. The van der Waals surface area contributed by atoms with Crippen LogP contribution in [0.1, 0.15) is 33.1 Å². The lowest BCUT2D eigenvalue weighted by Crippen LogP contribution is -2.56. The maximum Gasteiger partial charge on any atom is 0.236 e. The van der Waals surface area contributed by atoms with Gasteiger partial charge in [0.15, 0.2) is 5.96 Å². The highest BCUT2D eigenvalue weighted by atomic mass is 127. The van der Waals surface area contributed by atoms with Crippen molar-refractivity contribution in [2.24, 2.45) is 4.99 Å². The number of nitrogens with one attached hydrogen (secondary N) is 1. The molecule has 0 aromatic rings. The molecule has 3 aliphatic rings. The average molecular weight is 537 g/mol. The van der Waals surface area contributed by atoms with Crippen LogP contribution in [0.25, 0.3) is 0 Å². The molecule has 0 bridgehead atoms. The number of carbonyl (C=O) groups is 1. The summed E-state index contributed by atoms with van der Waals surface area (Å²) in [5.41, 5.74) is 0. The van der Waals surface area contributed by atoms with E-state index in [1.165, 1.54) is 6.42 Å². The van der Waals surface area contributed by atoms with Crippen molar-refractivity contribution in [3.8, 4) is 0 Å². The second-order valence-electron chi connectivity index (χ2n) is 8.64. The van der Waals surface area contributed by atoms with Crippen molar-refractivity contribution >= 4 is 35.8 Å². The number of morpholine rings is 1. The van der Waals surface area contributed by atoms with Crippen molar-refractivity contribution in [1.29, 1.82) is 0 Å². The van der Waals surface area contributed by atoms with Gasteiger partial charge in [0.25, 0.3) is 0 Å². The van der Waals surface area contributed by atoms with Crippen LogP contribution in [0, 0.1) is 0 Å². The van der Waals surface area contributed by atoms with Gasteiger partial charge in [-0.05, 0) is 33.1 Å². The Morgan fingerprint density at radius 1 is 1.07 bits per heavy atom. The first kappa shape index (κ1) is 25.6. The number of nitrogens with zero attached hydrogens (tertiary/aromatic N) is 5. The summed E-state index contributed by atoms with van der Waals surface area (Å²) < 4.78 is 5.55. The van der Waals surface area contributed by atoms with Gasteiger partial charge >= 0.3 is 0 Å². The number of amides is 1. The molecule has 2 atom stereocenters. The van der Waals surface area contributed by atoms with Gasteiger partial charge in [-0.1, -0.05) is 0 Å². The van der Waals surface area contributed by atoms with Gasteiger partial charge in [-0.2, -0.15) is 0 Å². The van der Waals surface area contributed by atoms with E-state index in [0.29, 0.717) is 24.5 Å². The third-order valence-corrected chi connectivity index (χ3v) is 6.49. The Morgan fingerprint density at radius 3 is 2.40 bits per heavy atom. The van der Waals surface area contributed by atoms with Crippen LogP contribution in [0.3, 0.4) is 0 Å². The van der Waals surface area contributed by atoms with E-state index in [-0.39, 0.29) is 24.0 Å². The Balaban J connectivity index is 0.00000320. The minimum Gasteiger partial charge on any atom is -0.379 e. The molecular weight excluding hydrogens is 495 g/mol. The Kier molecular flexibility index (Phi) is 11.1. The summed E-state index contributed by atoms with van der Waals surface area (Å²) in [5.74, 6) is 1.27. The SMILES string of the molecule is CN=C(NCC(C)N1CCOCC1C)N1CCN(CC(=O)N2CCCCC2)CC1.I. The minimum atomic E-state index is 0. The monoisotopic (exact) mass is 536 g/mol. The molecule has 0 spiro atoms. The molecule has 0 aliphatic carbocycles. The fourth-order valence-electron chi connectivity index (χ4n) is 4.64. The first-order valence-corrected chi connectivity index (χ1v) is 11.4. The van der Waals surface area contributed by atoms with E-state index in [1.807, 2.05) is 11.9 Å². The molecular formula is C21H41IN6O2. The Hall–Kier alpha value is -0.650. The Labute approximate surface area is 199 Å². The molecule has 1 amide bonds. The van der Waals surface area contributed by atoms with Crippen molar-refractivity contribution < 1.29 is 9.53 Å². The maximum absolute atomic E-state index is 12.5. The quantitative estimate of drug-likeness (QED) is 0.321. The minimum absolute atomic E-state index is 0. The summed E-state index contributed by atoms with van der Waals surface area (Å²) >= 11 is 0. The largest absolute Gasteiger partial charge is 0.379 e. The molecule has 174 valence electrons. The highest BCUT2D eigenvalue weighted by molar-refractivity contribution is 14.0. The van der Waals surface area contributed by atoms with Crippen molar-refractivity contribution in [2.45, 2.75) is 45.2 Å². The second kappa shape index (κ2) is 13.0. The average Bonchev–Trinajstić information content (AvgIpc) is 2.76. The van der Waals surface area contributed by atoms with Gasteiger partial charge in [0, 0.05) is 71.5 Å². The summed E-state index contributed by atoms with van der Waals surface area (Å²) in [6, 6.07) is 0.901. The number of guanidine groups is 1. The van der Waals surface area contributed by atoms with Crippen LogP contribution in [0.15, 0.2) is 4.99 Å². The van der Waals surface area contributed by atoms with Crippen molar-refractivity contribution in [2.75, 3.05) is 79.2 Å². The van der Waals surface area contributed by atoms with E-state index in [2.05, 4.69) is 38.9 Å². The van der Waals surface area contributed by atoms with Crippen LogP contribution in [-0.2, 0) is 9.53 Å². The topological polar surface area (TPSA) is 63.7 Å². The van der Waals surface area contributed by atoms with E-state index >= 15 is 0 Å². The zero-order valence-corrected chi connectivity index (χ0v) is 21.3. The highest BCUT2D eigenvalue weighted by Crippen LogP contribution is 2.12. The number of carbonyl (C=O) groups excluding carboxylic acids is 1. The molecule has 1 N–H and O–H groups in total. The summed E-state index contributed by atoms with van der Waals surface area (Å²) in [5, 5.41) is 3.56. The number of piperidine rings is 1. The van der Waals surface area contributed by atoms with Crippen LogP contribution in [-0.4, -0.2) is 123 Å². The molecule has 2 unspecified atom stereocenters. The fourth-order valence-corrected chi connectivity index (χ4v) is 4.64. The van der Waals surface area contributed by atoms with Crippen LogP contribution in [0.5, 0.6) is 0 Å². The summed E-state index contributed by atoms with van der Waals surface area (Å²) in [7, 11) is 1.86. The second-order valence-corrected chi connectivity index (χ2v) is 8.64. The Morgan fingerprint density at radius 2 is 1.77 bits per heavy atom. The Bertz CT molecular complexity index is 550. The number of piperazine rings is 1. The zero-order valence-electron chi connectivity index (χ0n) is 19.0. The molecule has 3 saturated heterocycles. The lowest BCUT2D eigenvalue weighted by Gasteiger charge is -2.40. The molecule has 9 heteroatoms. The fraction of sp³-hybridized carbons (Fsp3) is 0.905. The van der Waals surface area contributed by atoms with Gasteiger partial charge in [0.1, 0.15) is 0 Å². The van der Waals surface area contributed by atoms with Crippen LogP contribution >= 0.6 is 24.0 Å². The van der Waals surface area contributed by atoms with Gasteiger partial charge in [-0.3, -0.25) is 19.6 Å². The summed E-state index contributed by atoms with van der Waals surface area (Å²) in [4.78, 5) is 26.2. The third-order valence-electron chi connectivity index (χ3n) is 6.49. The van der Waals surface area contributed by atoms with Gasteiger partial charge in [0.2, 0.25) is 5.91 Å². The first-order chi connectivity index (χ1) is 14.1.